The van der Waals surface area contributed by atoms with Crippen molar-refractivity contribution in [2.24, 2.45) is 0 Å². The molecule has 3 atom stereocenters. The van der Waals surface area contributed by atoms with Crippen molar-refractivity contribution in [2.75, 3.05) is 0 Å². The Kier molecular flexibility index (Phi) is 6.01. The summed E-state index contributed by atoms with van der Waals surface area (Å²) in [7, 11) is 0. The molecule has 0 saturated heterocycles. The van der Waals surface area contributed by atoms with Gasteiger partial charge in [0.15, 0.2) is 0 Å². The number of aryl methyl sites for hydroxylation is 1. The van der Waals surface area contributed by atoms with E-state index in [2.05, 4.69) is 44.3 Å². The highest BCUT2D eigenvalue weighted by Gasteiger charge is 2.21. The van der Waals surface area contributed by atoms with Crippen LogP contribution in [0.3, 0.4) is 0 Å². The number of benzene rings is 1. The van der Waals surface area contributed by atoms with Crippen LogP contribution in [-0.2, 0) is 5.54 Å². The van der Waals surface area contributed by atoms with Crippen molar-refractivity contribution in [1.29, 1.82) is 0 Å². The van der Waals surface area contributed by atoms with E-state index in [-0.39, 0.29) is 23.4 Å². The summed E-state index contributed by atoms with van der Waals surface area (Å²) in [5.41, 5.74) is 2.87. The molecular formula is C20H30FN3O. The Morgan fingerprint density at radius 1 is 1.20 bits per heavy atom. The molecule has 1 heterocycles. The van der Waals surface area contributed by atoms with E-state index in [9.17, 15) is 9.50 Å². The van der Waals surface area contributed by atoms with Crippen LogP contribution in [-0.4, -0.2) is 20.9 Å². The third-order valence-corrected chi connectivity index (χ3v) is 4.46. The summed E-state index contributed by atoms with van der Waals surface area (Å²) in [4.78, 5) is 0. The van der Waals surface area contributed by atoms with Crippen molar-refractivity contribution >= 4 is 0 Å². The van der Waals surface area contributed by atoms with Crippen LogP contribution in [0.2, 0.25) is 0 Å². The van der Waals surface area contributed by atoms with E-state index in [0.29, 0.717) is 6.42 Å². The maximum absolute atomic E-state index is 13.0. The maximum atomic E-state index is 13.0. The summed E-state index contributed by atoms with van der Waals surface area (Å²) in [6, 6.07) is 6.26. The van der Waals surface area contributed by atoms with Crippen LogP contribution >= 0.6 is 0 Å². The van der Waals surface area contributed by atoms with E-state index in [1.807, 2.05) is 18.5 Å². The van der Waals surface area contributed by atoms with Crippen LogP contribution in [0.5, 0.6) is 0 Å². The summed E-state index contributed by atoms with van der Waals surface area (Å²) in [6.07, 6.45) is 2.03. The zero-order valence-electron chi connectivity index (χ0n) is 16.0. The molecular weight excluding hydrogens is 317 g/mol. The van der Waals surface area contributed by atoms with Crippen LogP contribution in [0.25, 0.3) is 0 Å². The van der Waals surface area contributed by atoms with Crippen molar-refractivity contribution in [3.05, 3.63) is 53.1 Å². The molecule has 0 fully saturated rings. The summed E-state index contributed by atoms with van der Waals surface area (Å²) >= 11 is 0. The molecule has 0 amide bonds. The van der Waals surface area contributed by atoms with Gasteiger partial charge in [-0.3, -0.25) is 4.68 Å². The molecule has 0 spiro atoms. The van der Waals surface area contributed by atoms with Gasteiger partial charge in [0.05, 0.1) is 17.3 Å². The van der Waals surface area contributed by atoms with E-state index >= 15 is 0 Å². The molecule has 0 bridgehead atoms. The quantitative estimate of drug-likeness (QED) is 0.821. The number of aliphatic hydroxyl groups is 1. The Balaban J connectivity index is 1.99. The molecule has 2 rings (SSSR count). The number of nitrogens with zero attached hydrogens (tertiary/aromatic N) is 2. The number of hydrogen-bond donors (Lipinski definition) is 2. The lowest BCUT2D eigenvalue weighted by Crippen LogP contribution is -2.30. The standard InChI is InChI=1S/C20H30FN3O/c1-13(11-19(25)16-7-9-17(21)10-8-16)22-14(2)18-12-24(20(4,5)6)23-15(18)3/h7-10,12-14,19,22,25H,11H2,1-6H3. The highest BCUT2D eigenvalue weighted by Crippen LogP contribution is 2.23. The van der Waals surface area contributed by atoms with Crippen LogP contribution in [0, 0.1) is 12.7 Å². The summed E-state index contributed by atoms with van der Waals surface area (Å²) < 4.78 is 15.0. The molecule has 3 unspecified atom stereocenters. The second kappa shape index (κ2) is 7.67. The normalized spacial score (nSPS) is 15.8. The van der Waals surface area contributed by atoms with E-state index in [1.165, 1.54) is 12.1 Å². The fraction of sp³-hybridized carbons (Fsp3) is 0.550. The first kappa shape index (κ1) is 19.6. The van der Waals surface area contributed by atoms with Crippen molar-refractivity contribution in [2.45, 2.75) is 71.7 Å². The second-order valence-electron chi connectivity index (χ2n) is 7.88. The molecule has 2 aromatic rings. The van der Waals surface area contributed by atoms with Crippen LogP contribution in [0.1, 0.15) is 70.0 Å². The average Bonchev–Trinajstić information content (AvgIpc) is 2.90. The fourth-order valence-corrected chi connectivity index (χ4v) is 2.98. The topological polar surface area (TPSA) is 50.1 Å². The Bertz CT molecular complexity index is 688. The van der Waals surface area contributed by atoms with Gasteiger partial charge >= 0.3 is 0 Å². The number of nitrogens with one attached hydrogen (secondary N) is 1. The predicted octanol–water partition coefficient (Wildman–Crippen LogP) is 4.25. The van der Waals surface area contributed by atoms with E-state index in [0.717, 1.165) is 16.8 Å². The minimum atomic E-state index is -0.617. The van der Waals surface area contributed by atoms with E-state index < -0.39 is 6.10 Å². The zero-order chi connectivity index (χ0) is 18.8. The minimum absolute atomic E-state index is 0.0485. The maximum Gasteiger partial charge on any atom is 0.123 e. The molecule has 0 aliphatic rings. The zero-order valence-corrected chi connectivity index (χ0v) is 16.0. The molecule has 138 valence electrons. The van der Waals surface area contributed by atoms with Crippen molar-refractivity contribution in [3.63, 3.8) is 0 Å². The lowest BCUT2D eigenvalue weighted by Gasteiger charge is -2.23. The Morgan fingerprint density at radius 3 is 2.32 bits per heavy atom. The number of rotatable bonds is 6. The number of aromatic nitrogens is 2. The number of hydrogen-bond acceptors (Lipinski definition) is 3. The minimum Gasteiger partial charge on any atom is -0.388 e. The van der Waals surface area contributed by atoms with E-state index in [1.54, 1.807) is 12.1 Å². The van der Waals surface area contributed by atoms with Gasteiger partial charge in [-0.15, -0.1) is 0 Å². The third kappa shape index (κ3) is 5.13. The molecule has 0 radical (unpaired) electrons. The predicted molar refractivity (Wildman–Crippen MR) is 98.9 cm³/mol. The first-order valence-corrected chi connectivity index (χ1v) is 8.84. The summed E-state index contributed by atoms with van der Waals surface area (Å²) in [6.45, 7) is 12.6. The van der Waals surface area contributed by atoms with Gasteiger partial charge in [0, 0.05) is 23.8 Å². The highest BCUT2D eigenvalue weighted by molar-refractivity contribution is 5.21. The first-order chi connectivity index (χ1) is 11.6. The molecule has 5 heteroatoms. The number of aliphatic hydroxyl groups excluding tert-OH is 1. The smallest absolute Gasteiger partial charge is 0.123 e. The van der Waals surface area contributed by atoms with Crippen LogP contribution < -0.4 is 5.32 Å². The number of halogens is 1. The lowest BCUT2D eigenvalue weighted by atomic mass is 10.0. The van der Waals surface area contributed by atoms with Gasteiger partial charge < -0.3 is 10.4 Å². The van der Waals surface area contributed by atoms with Gasteiger partial charge in [-0.05, 0) is 65.7 Å². The summed E-state index contributed by atoms with van der Waals surface area (Å²) in [5.74, 6) is -0.290. The SMILES string of the molecule is Cc1nn(C(C)(C)C)cc1C(C)NC(C)CC(O)c1ccc(F)cc1. The first-order valence-electron chi connectivity index (χ1n) is 8.84. The fourth-order valence-electron chi connectivity index (χ4n) is 2.98. The van der Waals surface area contributed by atoms with Gasteiger partial charge in [0.25, 0.3) is 0 Å². The molecule has 0 saturated carbocycles. The van der Waals surface area contributed by atoms with Gasteiger partial charge in [0.1, 0.15) is 5.82 Å². The Morgan fingerprint density at radius 2 is 1.80 bits per heavy atom. The average molecular weight is 347 g/mol. The molecule has 0 aliphatic carbocycles. The lowest BCUT2D eigenvalue weighted by molar-refractivity contribution is 0.152. The molecule has 0 aliphatic heterocycles. The molecule has 1 aromatic heterocycles. The van der Waals surface area contributed by atoms with Crippen molar-refractivity contribution in [1.82, 2.24) is 15.1 Å². The van der Waals surface area contributed by atoms with Crippen molar-refractivity contribution < 1.29 is 9.50 Å². The largest absolute Gasteiger partial charge is 0.388 e. The molecule has 25 heavy (non-hydrogen) atoms. The second-order valence-corrected chi connectivity index (χ2v) is 7.88. The van der Waals surface area contributed by atoms with Gasteiger partial charge in [-0.2, -0.15) is 5.10 Å². The van der Waals surface area contributed by atoms with Crippen molar-refractivity contribution in [3.8, 4) is 0 Å². The van der Waals surface area contributed by atoms with Crippen LogP contribution in [0.15, 0.2) is 30.5 Å². The molecule has 1 aromatic carbocycles. The van der Waals surface area contributed by atoms with E-state index in [4.69, 9.17) is 0 Å². The summed E-state index contributed by atoms with van der Waals surface area (Å²) in [5, 5.41) is 18.5. The monoisotopic (exact) mass is 347 g/mol. The highest BCUT2D eigenvalue weighted by atomic mass is 19.1. The van der Waals surface area contributed by atoms with Gasteiger partial charge in [-0.1, -0.05) is 12.1 Å². The van der Waals surface area contributed by atoms with Gasteiger partial charge in [0.2, 0.25) is 0 Å². The van der Waals surface area contributed by atoms with Crippen LogP contribution in [0.4, 0.5) is 4.39 Å². The Hall–Kier alpha value is -1.72. The Labute approximate surface area is 150 Å². The molecule has 2 N–H and O–H groups in total. The van der Waals surface area contributed by atoms with Gasteiger partial charge in [-0.25, -0.2) is 4.39 Å². The third-order valence-electron chi connectivity index (χ3n) is 4.46. The molecule has 4 nitrogen and oxygen atoms in total.